The number of nitrogens with zero attached hydrogens (tertiary/aromatic N) is 4. The topological polar surface area (TPSA) is 80.5 Å². The normalized spacial score (nSPS) is 22.1. The van der Waals surface area contributed by atoms with Gasteiger partial charge in [-0.3, -0.25) is 4.57 Å². The maximum atomic E-state index is 6.96. The van der Waals surface area contributed by atoms with Gasteiger partial charge in [0, 0.05) is 6.42 Å². The molecule has 8 nitrogen and oxygen atoms in total. The van der Waals surface area contributed by atoms with Gasteiger partial charge in [0.1, 0.15) is 18.7 Å². The fraction of sp³-hybridized carbons (Fsp3) is 0.821. The van der Waals surface area contributed by atoms with Gasteiger partial charge in [0.05, 0.1) is 19.0 Å². The average Bonchev–Trinajstić information content (AvgIpc) is 3.34. The zero-order valence-corrected chi connectivity index (χ0v) is 30.2. The van der Waals surface area contributed by atoms with E-state index in [1.165, 1.54) is 0 Å². The first-order chi connectivity index (χ1) is 17.5. The molecule has 1 saturated heterocycles. The highest BCUT2D eigenvalue weighted by Gasteiger charge is 2.47. The third-order valence-corrected chi connectivity index (χ3v) is 23.0. The van der Waals surface area contributed by atoms with Crippen molar-refractivity contribution in [1.29, 1.82) is 0 Å². The summed E-state index contributed by atoms with van der Waals surface area (Å²) >= 11 is 0. The summed E-state index contributed by atoms with van der Waals surface area (Å²) < 4.78 is 28.9. The van der Waals surface area contributed by atoms with Gasteiger partial charge in [0.15, 0.2) is 27.8 Å². The van der Waals surface area contributed by atoms with Crippen LogP contribution in [0.15, 0.2) is 12.7 Å². The second kappa shape index (κ2) is 10.6. The summed E-state index contributed by atoms with van der Waals surface area (Å²) in [4.78, 5) is 13.8. The Morgan fingerprint density at radius 2 is 1.38 bits per heavy atom. The molecule has 0 N–H and O–H groups in total. The lowest BCUT2D eigenvalue weighted by Crippen LogP contribution is -2.48. The minimum absolute atomic E-state index is 0.0487. The highest BCUT2D eigenvalue weighted by Crippen LogP contribution is 2.43. The Labute approximate surface area is 240 Å². The molecule has 1 aliphatic heterocycles. The molecule has 3 heterocycles. The first kappa shape index (κ1) is 32.4. The summed E-state index contributed by atoms with van der Waals surface area (Å²) in [6.45, 7) is 34.4. The first-order valence-electron chi connectivity index (χ1n) is 14.3. The van der Waals surface area contributed by atoms with Gasteiger partial charge in [-0.1, -0.05) is 62.3 Å². The zero-order valence-electron chi connectivity index (χ0n) is 27.2. The molecule has 0 bridgehead atoms. The molecule has 1 aliphatic rings. The zero-order chi connectivity index (χ0) is 29.8. The lowest BCUT2D eigenvalue weighted by molar-refractivity contribution is -0.0383. The van der Waals surface area contributed by atoms with Crippen molar-refractivity contribution in [2.24, 2.45) is 0 Å². The van der Waals surface area contributed by atoms with Gasteiger partial charge in [0.25, 0.3) is 8.32 Å². The van der Waals surface area contributed by atoms with Crippen LogP contribution in [0.4, 0.5) is 0 Å². The van der Waals surface area contributed by atoms with Crippen molar-refractivity contribution in [3.8, 4) is 5.88 Å². The van der Waals surface area contributed by atoms with Crippen LogP contribution in [-0.2, 0) is 13.6 Å². The molecule has 0 aliphatic carbocycles. The molecule has 0 saturated carbocycles. The van der Waals surface area contributed by atoms with Crippen molar-refractivity contribution in [2.45, 2.75) is 142 Å². The molecule has 1 fully saturated rings. The van der Waals surface area contributed by atoms with Crippen LogP contribution in [0.3, 0.4) is 0 Å². The quantitative estimate of drug-likeness (QED) is 0.287. The molecular formula is C28H54N4O4Si3. The fourth-order valence-corrected chi connectivity index (χ4v) is 7.03. The molecular weight excluding hydrogens is 541 g/mol. The summed E-state index contributed by atoms with van der Waals surface area (Å²) in [6, 6.07) is 0. The van der Waals surface area contributed by atoms with Crippen molar-refractivity contribution in [3.63, 3.8) is 0 Å². The first-order valence-corrected chi connectivity index (χ1v) is 23.0. The Morgan fingerprint density at radius 1 is 0.821 bits per heavy atom. The summed E-state index contributed by atoms with van der Waals surface area (Å²) in [7, 11) is -6.08. The molecule has 0 radical (unpaired) electrons. The Hall–Kier alpha value is -1.12. The SMILES string of the molecule is CC(C)(C)[Si](C)(C)OC[C@H]1O[C@@H](n2cnc3c(O[Si](C)(C)C(C)(C)C)ncnc32)C[C@@H]1O[Si](C)(C)C(C)(C)C. The molecule has 0 spiro atoms. The lowest BCUT2D eigenvalue weighted by atomic mass is 10.2. The van der Waals surface area contributed by atoms with Crippen LogP contribution in [0.5, 0.6) is 5.88 Å². The smallest absolute Gasteiger partial charge is 0.252 e. The number of imidazole rings is 1. The number of ether oxygens (including phenoxy) is 1. The van der Waals surface area contributed by atoms with E-state index in [-0.39, 0.29) is 33.6 Å². The van der Waals surface area contributed by atoms with E-state index >= 15 is 0 Å². The lowest BCUT2D eigenvalue weighted by Gasteiger charge is -2.40. The van der Waals surface area contributed by atoms with Gasteiger partial charge < -0.3 is 18.0 Å². The van der Waals surface area contributed by atoms with E-state index in [0.29, 0.717) is 24.4 Å². The van der Waals surface area contributed by atoms with Crippen molar-refractivity contribution in [1.82, 2.24) is 19.5 Å². The number of fused-ring (bicyclic) bond motifs is 1. The molecule has 11 heteroatoms. The van der Waals surface area contributed by atoms with Gasteiger partial charge in [-0.05, 0) is 54.4 Å². The Balaban J connectivity index is 1.92. The minimum atomic E-state index is -2.10. The Morgan fingerprint density at radius 3 is 1.92 bits per heavy atom. The standard InChI is InChI=1S/C28H54N4O4Si3/c1-26(2,3)37(10,11)33-17-21-20(35-38(12,13)27(4,5)6)16-22(34-21)32-19-31-23-24(32)29-18-30-25(23)36-39(14,15)28(7,8)9/h18-22H,16-17H2,1-15H3/t20-,21+,22+/m0/s1. The van der Waals surface area contributed by atoms with Crippen molar-refractivity contribution in [2.75, 3.05) is 6.61 Å². The molecule has 39 heavy (non-hydrogen) atoms. The van der Waals surface area contributed by atoms with Crippen molar-refractivity contribution in [3.05, 3.63) is 12.7 Å². The van der Waals surface area contributed by atoms with Gasteiger partial charge >= 0.3 is 0 Å². The average molecular weight is 595 g/mol. The van der Waals surface area contributed by atoms with E-state index < -0.39 is 25.0 Å². The number of aromatic nitrogens is 4. The van der Waals surface area contributed by atoms with Crippen molar-refractivity contribution >= 4 is 36.1 Å². The minimum Gasteiger partial charge on any atom is -0.529 e. The van der Waals surface area contributed by atoms with Gasteiger partial charge in [0.2, 0.25) is 5.88 Å². The summed E-state index contributed by atoms with van der Waals surface area (Å²) in [6.07, 6.45) is 3.60. The Kier molecular flexibility index (Phi) is 8.82. The molecule has 222 valence electrons. The third kappa shape index (κ3) is 6.86. The van der Waals surface area contributed by atoms with E-state index in [2.05, 4.69) is 112 Å². The highest BCUT2D eigenvalue weighted by molar-refractivity contribution is 6.75. The van der Waals surface area contributed by atoms with E-state index in [1.54, 1.807) is 6.33 Å². The maximum Gasteiger partial charge on any atom is 0.252 e. The molecule has 2 aromatic rings. The third-order valence-electron chi connectivity index (χ3n) is 9.64. The second-order valence-corrected chi connectivity index (χ2v) is 30.0. The summed E-state index contributed by atoms with van der Waals surface area (Å²) in [5, 5.41) is 0.271. The van der Waals surface area contributed by atoms with E-state index in [1.807, 2.05) is 10.9 Å². The predicted octanol–water partition coefficient (Wildman–Crippen LogP) is 7.91. The van der Waals surface area contributed by atoms with E-state index in [9.17, 15) is 0 Å². The van der Waals surface area contributed by atoms with Crippen LogP contribution in [0, 0.1) is 0 Å². The summed E-state index contributed by atoms with van der Waals surface area (Å²) in [5.74, 6) is 0.551. The molecule has 0 aromatic carbocycles. The highest BCUT2D eigenvalue weighted by atomic mass is 28.4. The predicted molar refractivity (Wildman–Crippen MR) is 167 cm³/mol. The number of hydrogen-bond donors (Lipinski definition) is 0. The van der Waals surface area contributed by atoms with Crippen LogP contribution in [0.2, 0.25) is 54.4 Å². The molecule has 0 unspecified atom stereocenters. The summed E-state index contributed by atoms with van der Waals surface area (Å²) in [5.41, 5.74) is 1.40. The van der Waals surface area contributed by atoms with Crippen LogP contribution in [0.25, 0.3) is 11.2 Å². The molecule has 2 aromatic heterocycles. The number of rotatable bonds is 8. The van der Waals surface area contributed by atoms with Crippen molar-refractivity contribution < 1.29 is 18.0 Å². The molecule has 3 atom stereocenters. The second-order valence-electron chi connectivity index (χ2n) is 15.7. The number of hydrogen-bond acceptors (Lipinski definition) is 7. The monoisotopic (exact) mass is 594 g/mol. The maximum absolute atomic E-state index is 6.96. The fourth-order valence-electron chi connectivity index (χ4n) is 3.72. The van der Waals surface area contributed by atoms with Gasteiger partial charge in [-0.25, -0.2) is 15.0 Å². The van der Waals surface area contributed by atoms with E-state index in [0.717, 1.165) is 5.65 Å². The van der Waals surface area contributed by atoms with Crippen LogP contribution in [0.1, 0.15) is 75.0 Å². The van der Waals surface area contributed by atoms with E-state index in [4.69, 9.17) is 23.0 Å². The van der Waals surface area contributed by atoms with Gasteiger partial charge in [-0.2, -0.15) is 0 Å². The van der Waals surface area contributed by atoms with Crippen LogP contribution >= 0.6 is 0 Å². The van der Waals surface area contributed by atoms with Crippen LogP contribution < -0.4 is 4.43 Å². The van der Waals surface area contributed by atoms with Crippen LogP contribution in [-0.4, -0.2) is 63.3 Å². The molecule has 0 amide bonds. The van der Waals surface area contributed by atoms with Gasteiger partial charge in [-0.15, -0.1) is 0 Å². The Bertz CT molecular complexity index is 1150. The molecule has 3 rings (SSSR count). The largest absolute Gasteiger partial charge is 0.529 e.